The molecule has 3 aromatic carbocycles. The summed E-state index contributed by atoms with van der Waals surface area (Å²) in [4.78, 5) is 38.8. The van der Waals surface area contributed by atoms with Crippen molar-refractivity contribution in [3.8, 4) is 17.2 Å². The molecule has 0 saturated carbocycles. The number of nitrogens with zero attached hydrogens (tertiary/aromatic N) is 1. The van der Waals surface area contributed by atoms with Gasteiger partial charge in [-0.1, -0.05) is 29.8 Å². The minimum Gasteiger partial charge on any atom is -0.497 e. The lowest BCUT2D eigenvalue weighted by Gasteiger charge is -2.26. The number of carbonyl (C=O) groups excluding carboxylic acids is 3. The van der Waals surface area contributed by atoms with E-state index in [4.69, 9.17) is 14.2 Å². The molecule has 35 heavy (non-hydrogen) atoms. The third-order valence-electron chi connectivity index (χ3n) is 5.24. The second-order valence-electron chi connectivity index (χ2n) is 7.74. The summed E-state index contributed by atoms with van der Waals surface area (Å²) in [5.74, 6) is 0.407. The molecular formula is C27H24N2O6. The number of imide groups is 2. The highest BCUT2D eigenvalue weighted by molar-refractivity contribution is 6.39. The predicted octanol–water partition coefficient (Wildman–Crippen LogP) is 4.13. The van der Waals surface area contributed by atoms with Gasteiger partial charge in [0.2, 0.25) is 0 Å². The van der Waals surface area contributed by atoms with Gasteiger partial charge in [0.05, 0.1) is 12.8 Å². The number of aryl methyl sites for hydroxylation is 1. The Morgan fingerprint density at radius 3 is 2.17 bits per heavy atom. The van der Waals surface area contributed by atoms with Gasteiger partial charge in [0.15, 0.2) is 0 Å². The number of carbonyl (C=O) groups is 3. The van der Waals surface area contributed by atoms with Gasteiger partial charge in [0.25, 0.3) is 11.8 Å². The molecular weight excluding hydrogens is 448 g/mol. The number of rotatable bonds is 8. The van der Waals surface area contributed by atoms with Crippen molar-refractivity contribution >= 4 is 29.6 Å². The van der Waals surface area contributed by atoms with E-state index >= 15 is 0 Å². The summed E-state index contributed by atoms with van der Waals surface area (Å²) in [6, 6.07) is 20.3. The lowest BCUT2D eigenvalue weighted by molar-refractivity contribution is -0.122. The van der Waals surface area contributed by atoms with Crippen LogP contribution in [0.3, 0.4) is 0 Å². The number of amides is 4. The van der Waals surface area contributed by atoms with Gasteiger partial charge in [-0.05, 0) is 67.1 Å². The van der Waals surface area contributed by atoms with Crippen LogP contribution in [0.4, 0.5) is 10.5 Å². The van der Waals surface area contributed by atoms with Crippen molar-refractivity contribution in [1.82, 2.24) is 5.32 Å². The Morgan fingerprint density at radius 2 is 1.49 bits per heavy atom. The molecule has 8 heteroatoms. The lowest BCUT2D eigenvalue weighted by Crippen LogP contribution is -2.54. The third-order valence-corrected chi connectivity index (χ3v) is 5.24. The summed E-state index contributed by atoms with van der Waals surface area (Å²) in [5.41, 5.74) is 1.88. The second kappa shape index (κ2) is 10.6. The van der Waals surface area contributed by atoms with Gasteiger partial charge in [0, 0.05) is 0 Å². The van der Waals surface area contributed by atoms with Gasteiger partial charge in [-0.15, -0.1) is 0 Å². The fraction of sp³-hybridized carbons (Fsp3) is 0.148. The Balaban J connectivity index is 1.45. The van der Waals surface area contributed by atoms with Crippen LogP contribution in [0.2, 0.25) is 0 Å². The van der Waals surface area contributed by atoms with E-state index in [1.54, 1.807) is 48.5 Å². The standard InChI is InChI=1S/C27H24N2O6/c1-18-6-10-22(11-7-18)34-14-15-35-23-5-3-4-19(16-23)17-24-25(30)28-27(32)29(26(24)31)20-8-12-21(33-2)13-9-20/h3-13,16-17H,14-15H2,1-2H3,(H,28,30,32). The molecule has 4 amide bonds. The maximum atomic E-state index is 13.1. The Kier molecular flexibility index (Phi) is 7.11. The molecule has 178 valence electrons. The molecule has 1 N–H and O–H groups in total. The van der Waals surface area contributed by atoms with Crippen LogP contribution in [-0.2, 0) is 9.59 Å². The zero-order chi connectivity index (χ0) is 24.8. The van der Waals surface area contributed by atoms with Crippen LogP contribution in [0.25, 0.3) is 6.08 Å². The molecule has 8 nitrogen and oxygen atoms in total. The van der Waals surface area contributed by atoms with Gasteiger partial charge < -0.3 is 14.2 Å². The molecule has 1 aliphatic rings. The number of nitrogens with one attached hydrogen (secondary N) is 1. The maximum absolute atomic E-state index is 13.1. The molecule has 1 heterocycles. The third kappa shape index (κ3) is 5.67. The van der Waals surface area contributed by atoms with Crippen molar-refractivity contribution in [2.45, 2.75) is 6.92 Å². The number of hydrogen-bond acceptors (Lipinski definition) is 6. The van der Waals surface area contributed by atoms with Crippen LogP contribution >= 0.6 is 0 Å². The molecule has 0 unspecified atom stereocenters. The van der Waals surface area contributed by atoms with Crippen molar-refractivity contribution in [3.05, 3.63) is 89.5 Å². The van der Waals surface area contributed by atoms with Crippen molar-refractivity contribution in [3.63, 3.8) is 0 Å². The highest BCUT2D eigenvalue weighted by Gasteiger charge is 2.36. The second-order valence-corrected chi connectivity index (χ2v) is 7.74. The molecule has 0 radical (unpaired) electrons. The van der Waals surface area contributed by atoms with E-state index < -0.39 is 17.8 Å². The van der Waals surface area contributed by atoms with Crippen molar-refractivity contribution in [2.75, 3.05) is 25.2 Å². The minimum absolute atomic E-state index is 0.166. The Hall–Kier alpha value is -4.59. The predicted molar refractivity (Wildman–Crippen MR) is 131 cm³/mol. The summed E-state index contributed by atoms with van der Waals surface area (Å²) < 4.78 is 16.5. The van der Waals surface area contributed by atoms with Crippen molar-refractivity contribution < 1.29 is 28.6 Å². The quantitative estimate of drug-likeness (QED) is 0.301. The number of urea groups is 1. The zero-order valence-corrected chi connectivity index (χ0v) is 19.3. The lowest BCUT2D eigenvalue weighted by atomic mass is 10.1. The highest BCUT2D eigenvalue weighted by atomic mass is 16.5. The average molecular weight is 472 g/mol. The first kappa shape index (κ1) is 23.6. The fourth-order valence-electron chi connectivity index (χ4n) is 3.44. The fourth-order valence-corrected chi connectivity index (χ4v) is 3.44. The minimum atomic E-state index is -0.812. The number of barbiturate groups is 1. The van der Waals surface area contributed by atoms with Crippen LogP contribution in [-0.4, -0.2) is 38.2 Å². The molecule has 4 rings (SSSR count). The number of hydrogen-bond donors (Lipinski definition) is 1. The average Bonchev–Trinajstić information content (AvgIpc) is 2.86. The maximum Gasteiger partial charge on any atom is 0.335 e. The molecule has 3 aromatic rings. The molecule has 1 saturated heterocycles. The van der Waals surface area contributed by atoms with E-state index in [2.05, 4.69) is 5.32 Å². The highest BCUT2D eigenvalue weighted by Crippen LogP contribution is 2.25. The van der Waals surface area contributed by atoms with Crippen LogP contribution in [0.15, 0.2) is 78.4 Å². The van der Waals surface area contributed by atoms with Crippen molar-refractivity contribution in [2.24, 2.45) is 0 Å². The van der Waals surface area contributed by atoms with Crippen LogP contribution in [0, 0.1) is 6.92 Å². The number of anilines is 1. The van der Waals surface area contributed by atoms with Gasteiger partial charge in [0.1, 0.15) is 36.0 Å². The zero-order valence-electron chi connectivity index (χ0n) is 19.3. The monoisotopic (exact) mass is 472 g/mol. The van der Waals surface area contributed by atoms with Crippen LogP contribution in [0.5, 0.6) is 17.2 Å². The molecule has 0 spiro atoms. The van der Waals surface area contributed by atoms with E-state index in [9.17, 15) is 14.4 Å². The van der Waals surface area contributed by atoms with Gasteiger partial charge in [-0.25, -0.2) is 9.69 Å². The van der Waals surface area contributed by atoms with E-state index in [-0.39, 0.29) is 5.57 Å². The molecule has 1 aliphatic heterocycles. The van der Waals surface area contributed by atoms with E-state index in [0.29, 0.717) is 36.0 Å². The smallest absolute Gasteiger partial charge is 0.335 e. The normalized spacial score (nSPS) is 14.6. The van der Waals surface area contributed by atoms with Gasteiger partial charge in [-0.2, -0.15) is 0 Å². The topological polar surface area (TPSA) is 94.2 Å². The molecule has 0 aromatic heterocycles. The SMILES string of the molecule is COc1ccc(N2C(=O)NC(=O)C(=Cc3cccc(OCCOc4ccc(C)cc4)c3)C2=O)cc1. The summed E-state index contributed by atoms with van der Waals surface area (Å²) >= 11 is 0. The van der Waals surface area contributed by atoms with E-state index in [1.165, 1.54) is 13.2 Å². The number of benzene rings is 3. The molecule has 0 aliphatic carbocycles. The molecule has 0 atom stereocenters. The Bertz CT molecular complexity index is 1270. The Labute approximate surface area is 202 Å². The largest absolute Gasteiger partial charge is 0.497 e. The van der Waals surface area contributed by atoms with Crippen LogP contribution in [0.1, 0.15) is 11.1 Å². The Morgan fingerprint density at radius 1 is 0.829 bits per heavy atom. The first-order valence-corrected chi connectivity index (χ1v) is 10.9. The number of methoxy groups -OCH3 is 1. The molecule has 0 bridgehead atoms. The summed E-state index contributed by atoms with van der Waals surface area (Å²) in [5, 5.41) is 2.21. The van der Waals surface area contributed by atoms with Gasteiger partial charge in [-0.3, -0.25) is 14.9 Å². The van der Waals surface area contributed by atoms with Crippen LogP contribution < -0.4 is 24.4 Å². The summed E-state index contributed by atoms with van der Waals surface area (Å²) in [6.45, 7) is 2.68. The number of ether oxygens (including phenoxy) is 3. The first-order chi connectivity index (χ1) is 16.9. The van der Waals surface area contributed by atoms with Crippen molar-refractivity contribution in [1.29, 1.82) is 0 Å². The van der Waals surface area contributed by atoms with E-state index in [0.717, 1.165) is 16.2 Å². The van der Waals surface area contributed by atoms with Gasteiger partial charge >= 0.3 is 6.03 Å². The summed E-state index contributed by atoms with van der Waals surface area (Å²) in [6.07, 6.45) is 1.43. The molecule has 1 fully saturated rings. The summed E-state index contributed by atoms with van der Waals surface area (Å²) in [7, 11) is 1.52. The first-order valence-electron chi connectivity index (χ1n) is 10.9. The van der Waals surface area contributed by atoms with E-state index in [1.807, 2.05) is 31.2 Å².